The van der Waals surface area contributed by atoms with E-state index < -0.39 is 11.8 Å². The van der Waals surface area contributed by atoms with E-state index in [1.54, 1.807) is 6.07 Å². The van der Waals surface area contributed by atoms with Crippen LogP contribution in [0.2, 0.25) is 0 Å². The summed E-state index contributed by atoms with van der Waals surface area (Å²) in [4.78, 5) is 23.6. The Morgan fingerprint density at radius 2 is 1.90 bits per heavy atom. The number of thiocarbonyl (C=S) groups is 1. The van der Waals surface area contributed by atoms with Crippen molar-refractivity contribution in [3.8, 4) is 5.75 Å². The van der Waals surface area contributed by atoms with E-state index >= 15 is 0 Å². The van der Waals surface area contributed by atoms with E-state index in [-0.39, 0.29) is 17.5 Å². The van der Waals surface area contributed by atoms with Crippen molar-refractivity contribution in [2.75, 3.05) is 6.61 Å². The molecule has 29 heavy (non-hydrogen) atoms. The van der Waals surface area contributed by atoms with Gasteiger partial charge in [-0.25, -0.2) is 4.39 Å². The van der Waals surface area contributed by atoms with E-state index in [1.807, 2.05) is 19.1 Å². The molecule has 0 aliphatic rings. The Kier molecular flexibility index (Phi) is 8.75. The minimum atomic E-state index is -0.503. The number of carbonyl (C=O) groups is 2. The molecule has 0 atom stereocenters. The van der Waals surface area contributed by atoms with Crippen molar-refractivity contribution in [2.24, 2.45) is 0 Å². The van der Waals surface area contributed by atoms with E-state index in [1.165, 1.54) is 36.4 Å². The first-order valence-electron chi connectivity index (χ1n) is 8.62. The highest BCUT2D eigenvalue weighted by Crippen LogP contribution is 2.26. The molecule has 3 N–H and O–H groups in total. The Labute approximate surface area is 181 Å². The van der Waals surface area contributed by atoms with Crippen molar-refractivity contribution in [3.63, 3.8) is 0 Å². The van der Waals surface area contributed by atoms with E-state index in [0.29, 0.717) is 11.3 Å². The molecule has 0 fully saturated rings. The van der Waals surface area contributed by atoms with Gasteiger partial charge in [-0.05, 0) is 76.0 Å². The summed E-state index contributed by atoms with van der Waals surface area (Å²) in [5.74, 6) is -0.798. The second-order valence-corrected chi connectivity index (χ2v) is 7.05. The first kappa shape index (κ1) is 22.5. The summed E-state index contributed by atoms with van der Waals surface area (Å²) >= 11 is 8.33. The SMILES string of the molecule is CCc1ccc(OCC(=O)NNC(=S)NC(=O)/C=C/c2ccc(F)cc2)c(Br)c1. The van der Waals surface area contributed by atoms with Crippen LogP contribution in [0.1, 0.15) is 18.1 Å². The van der Waals surface area contributed by atoms with Crippen molar-refractivity contribution in [1.82, 2.24) is 16.2 Å². The predicted molar refractivity (Wildman–Crippen MR) is 116 cm³/mol. The van der Waals surface area contributed by atoms with Gasteiger partial charge in [0.1, 0.15) is 11.6 Å². The molecule has 9 heteroatoms. The van der Waals surface area contributed by atoms with Crippen molar-refractivity contribution < 1.29 is 18.7 Å². The average Bonchev–Trinajstić information content (AvgIpc) is 2.70. The van der Waals surface area contributed by atoms with Crippen LogP contribution in [-0.4, -0.2) is 23.5 Å². The van der Waals surface area contributed by atoms with Gasteiger partial charge < -0.3 is 4.74 Å². The lowest BCUT2D eigenvalue weighted by Crippen LogP contribution is -2.49. The molecular weight excluding hydrogens is 461 g/mol. The Morgan fingerprint density at radius 1 is 1.17 bits per heavy atom. The summed E-state index contributed by atoms with van der Waals surface area (Å²) in [6.07, 6.45) is 3.64. The number of benzene rings is 2. The molecular formula is C20H19BrFN3O3S. The van der Waals surface area contributed by atoms with E-state index in [0.717, 1.165) is 16.5 Å². The predicted octanol–water partition coefficient (Wildman–Crippen LogP) is 3.26. The Morgan fingerprint density at radius 3 is 2.55 bits per heavy atom. The number of halogens is 2. The summed E-state index contributed by atoms with van der Waals surface area (Å²) in [5, 5.41) is 2.29. The Hall–Kier alpha value is -2.78. The summed E-state index contributed by atoms with van der Waals surface area (Å²) in [5.41, 5.74) is 6.54. The van der Waals surface area contributed by atoms with Crippen molar-refractivity contribution in [3.05, 3.63) is 70.0 Å². The minimum Gasteiger partial charge on any atom is -0.483 e. The summed E-state index contributed by atoms with van der Waals surface area (Å²) < 4.78 is 19.0. The van der Waals surface area contributed by atoms with Gasteiger partial charge in [-0.3, -0.25) is 25.8 Å². The highest BCUT2D eigenvalue weighted by atomic mass is 79.9. The lowest BCUT2D eigenvalue weighted by atomic mass is 10.2. The lowest BCUT2D eigenvalue weighted by Gasteiger charge is -2.11. The molecule has 0 heterocycles. The van der Waals surface area contributed by atoms with Crippen molar-refractivity contribution >= 4 is 51.2 Å². The van der Waals surface area contributed by atoms with Gasteiger partial charge in [-0.2, -0.15) is 0 Å². The zero-order valence-electron chi connectivity index (χ0n) is 15.5. The third-order valence-electron chi connectivity index (χ3n) is 3.61. The summed E-state index contributed by atoms with van der Waals surface area (Å²) in [6.45, 7) is 1.81. The Bertz CT molecular complexity index is 920. The fourth-order valence-corrected chi connectivity index (χ4v) is 2.81. The molecule has 6 nitrogen and oxygen atoms in total. The standard InChI is InChI=1S/C20H19BrFN3O3S/c1-2-13-5-9-17(16(21)11-13)28-12-19(27)24-25-20(29)23-18(26)10-6-14-3-7-15(22)8-4-14/h3-11H,2,12H2,1H3,(H,24,27)(H2,23,25,26,29)/b10-6+. The van der Waals surface area contributed by atoms with E-state index in [2.05, 4.69) is 32.1 Å². The van der Waals surface area contributed by atoms with Crippen LogP contribution in [0.25, 0.3) is 6.08 Å². The maximum Gasteiger partial charge on any atom is 0.276 e. The molecule has 0 saturated carbocycles. The third-order valence-corrected chi connectivity index (χ3v) is 4.44. The van der Waals surface area contributed by atoms with Crippen LogP contribution in [0.5, 0.6) is 5.75 Å². The van der Waals surface area contributed by atoms with Gasteiger partial charge in [0.05, 0.1) is 4.47 Å². The number of ether oxygens (including phenoxy) is 1. The van der Waals surface area contributed by atoms with Crippen molar-refractivity contribution in [1.29, 1.82) is 0 Å². The second-order valence-electron chi connectivity index (χ2n) is 5.78. The molecule has 2 aromatic rings. The van der Waals surface area contributed by atoms with Gasteiger partial charge in [0, 0.05) is 6.08 Å². The lowest BCUT2D eigenvalue weighted by molar-refractivity contribution is -0.123. The monoisotopic (exact) mass is 479 g/mol. The number of carbonyl (C=O) groups excluding carboxylic acids is 2. The number of aryl methyl sites for hydroxylation is 1. The van der Waals surface area contributed by atoms with Crippen LogP contribution in [0, 0.1) is 5.82 Å². The maximum atomic E-state index is 12.8. The highest BCUT2D eigenvalue weighted by Gasteiger charge is 2.07. The fraction of sp³-hybridized carbons (Fsp3) is 0.150. The maximum absolute atomic E-state index is 12.8. The van der Waals surface area contributed by atoms with Gasteiger partial charge in [-0.15, -0.1) is 0 Å². The van der Waals surface area contributed by atoms with Crippen LogP contribution >= 0.6 is 28.1 Å². The summed E-state index contributed by atoms with van der Waals surface area (Å²) in [7, 11) is 0. The molecule has 0 radical (unpaired) electrons. The molecule has 2 aromatic carbocycles. The quantitative estimate of drug-likeness (QED) is 0.336. The number of hydrogen-bond donors (Lipinski definition) is 3. The molecule has 0 saturated heterocycles. The zero-order valence-corrected chi connectivity index (χ0v) is 17.9. The fourth-order valence-electron chi connectivity index (χ4n) is 2.12. The van der Waals surface area contributed by atoms with Gasteiger partial charge in [0.25, 0.3) is 5.91 Å². The van der Waals surface area contributed by atoms with Crippen molar-refractivity contribution in [2.45, 2.75) is 13.3 Å². The largest absolute Gasteiger partial charge is 0.483 e. The molecule has 0 aromatic heterocycles. The molecule has 2 rings (SSSR count). The molecule has 0 spiro atoms. The Balaban J connectivity index is 1.71. The number of amides is 2. The number of nitrogens with one attached hydrogen (secondary N) is 3. The highest BCUT2D eigenvalue weighted by molar-refractivity contribution is 9.10. The molecule has 0 bridgehead atoms. The van der Waals surface area contributed by atoms with Gasteiger partial charge >= 0.3 is 0 Å². The average molecular weight is 480 g/mol. The van der Waals surface area contributed by atoms with Crippen LogP contribution < -0.4 is 20.9 Å². The number of rotatable bonds is 6. The minimum absolute atomic E-state index is 0.0828. The third kappa shape index (κ3) is 8.00. The molecule has 152 valence electrons. The molecule has 2 amide bonds. The van der Waals surface area contributed by atoms with Gasteiger partial charge in [-0.1, -0.05) is 25.1 Å². The first-order valence-corrected chi connectivity index (χ1v) is 9.82. The number of hydrogen-bond acceptors (Lipinski definition) is 4. The number of hydrazine groups is 1. The first-order chi connectivity index (χ1) is 13.9. The van der Waals surface area contributed by atoms with E-state index in [9.17, 15) is 14.0 Å². The van der Waals surface area contributed by atoms with Crippen LogP contribution in [-0.2, 0) is 16.0 Å². The van der Waals surface area contributed by atoms with Gasteiger partial charge in [0.2, 0.25) is 5.91 Å². The van der Waals surface area contributed by atoms with Gasteiger partial charge in [0.15, 0.2) is 11.7 Å². The van der Waals surface area contributed by atoms with Crippen LogP contribution in [0.4, 0.5) is 4.39 Å². The normalized spacial score (nSPS) is 10.4. The zero-order chi connectivity index (χ0) is 21.2. The molecule has 0 unspecified atom stereocenters. The van der Waals surface area contributed by atoms with Crippen LogP contribution in [0.15, 0.2) is 53.0 Å². The topological polar surface area (TPSA) is 79.5 Å². The molecule has 0 aliphatic carbocycles. The van der Waals surface area contributed by atoms with E-state index in [4.69, 9.17) is 17.0 Å². The molecule has 0 aliphatic heterocycles. The summed E-state index contributed by atoms with van der Waals surface area (Å²) in [6, 6.07) is 11.3. The smallest absolute Gasteiger partial charge is 0.276 e. The second kappa shape index (κ2) is 11.3. The van der Waals surface area contributed by atoms with Crippen LogP contribution in [0.3, 0.4) is 0 Å².